The molecule has 4 aromatic rings. The van der Waals surface area contributed by atoms with Crippen LogP contribution in [-0.4, -0.2) is 29.2 Å². The van der Waals surface area contributed by atoms with Crippen molar-refractivity contribution in [1.29, 1.82) is 0 Å². The second-order valence-electron chi connectivity index (χ2n) is 7.89. The number of aromatic nitrogens is 2. The molecule has 5 nitrogen and oxygen atoms in total. The van der Waals surface area contributed by atoms with Gasteiger partial charge in [0.2, 0.25) is 0 Å². The molecule has 1 aliphatic heterocycles. The van der Waals surface area contributed by atoms with E-state index in [0.717, 1.165) is 30.2 Å². The summed E-state index contributed by atoms with van der Waals surface area (Å²) in [6.45, 7) is 5.77. The van der Waals surface area contributed by atoms with Gasteiger partial charge in [-0.2, -0.15) is 0 Å². The number of nitrogens with one attached hydrogen (secondary N) is 1. The minimum atomic E-state index is 0.414. The molecule has 0 spiro atoms. The minimum absolute atomic E-state index is 0.414. The van der Waals surface area contributed by atoms with Crippen molar-refractivity contribution in [2.45, 2.75) is 19.9 Å². The van der Waals surface area contributed by atoms with Crippen molar-refractivity contribution in [3.63, 3.8) is 0 Å². The second kappa shape index (κ2) is 10.1. The molecule has 1 saturated heterocycles. The number of anilines is 2. The fourth-order valence-electron chi connectivity index (χ4n) is 3.69. The van der Waals surface area contributed by atoms with Gasteiger partial charge in [0.05, 0.1) is 43.0 Å². The second-order valence-corrected chi connectivity index (χ2v) is 7.89. The summed E-state index contributed by atoms with van der Waals surface area (Å²) in [5.74, 6) is 0. The number of pyridine rings is 2. The Morgan fingerprint density at radius 3 is 1.88 bits per heavy atom. The van der Waals surface area contributed by atoms with E-state index in [4.69, 9.17) is 10.5 Å². The highest BCUT2D eigenvalue weighted by Crippen LogP contribution is 2.30. The summed E-state index contributed by atoms with van der Waals surface area (Å²) in [4.78, 5) is 8.18. The van der Waals surface area contributed by atoms with Crippen LogP contribution < -0.4 is 11.1 Å². The van der Waals surface area contributed by atoms with Crippen LogP contribution in [0.15, 0.2) is 85.5 Å². The Kier molecular flexibility index (Phi) is 6.78. The summed E-state index contributed by atoms with van der Waals surface area (Å²) in [7, 11) is 0. The van der Waals surface area contributed by atoms with Crippen molar-refractivity contribution in [1.82, 2.24) is 9.97 Å². The largest absolute Gasteiger partial charge is 0.397 e. The highest BCUT2D eigenvalue weighted by molar-refractivity contribution is 5.79. The average Bonchev–Trinajstić information content (AvgIpc) is 2.78. The third-order valence-corrected chi connectivity index (χ3v) is 5.54. The number of rotatable bonds is 4. The highest BCUT2D eigenvalue weighted by atomic mass is 16.5. The SMILES string of the molecule is Cc1ccccc1-c1ccncc1N.Cc1ccccc1-c1ccncc1NC1COC1. The first kappa shape index (κ1) is 21.5. The van der Waals surface area contributed by atoms with E-state index in [1.165, 1.54) is 27.8 Å². The quantitative estimate of drug-likeness (QED) is 0.452. The Bertz CT molecular complexity index is 1140. The maximum absolute atomic E-state index is 5.86. The summed E-state index contributed by atoms with van der Waals surface area (Å²) < 4.78 is 5.19. The predicted octanol–water partition coefficient (Wildman–Crippen LogP) is 5.51. The monoisotopic (exact) mass is 424 g/mol. The van der Waals surface area contributed by atoms with Crippen molar-refractivity contribution in [3.8, 4) is 22.3 Å². The van der Waals surface area contributed by atoms with Gasteiger partial charge in [0, 0.05) is 23.5 Å². The number of hydrogen-bond acceptors (Lipinski definition) is 5. The molecular weight excluding hydrogens is 396 g/mol. The molecule has 3 heterocycles. The lowest BCUT2D eigenvalue weighted by Crippen LogP contribution is -2.40. The maximum atomic E-state index is 5.86. The van der Waals surface area contributed by atoms with Crippen molar-refractivity contribution < 1.29 is 4.74 Å². The molecule has 0 aliphatic carbocycles. The molecule has 3 N–H and O–H groups in total. The lowest BCUT2D eigenvalue weighted by Gasteiger charge is -2.28. The number of hydrogen-bond donors (Lipinski definition) is 2. The molecule has 5 rings (SSSR count). The first-order valence-corrected chi connectivity index (χ1v) is 10.7. The van der Waals surface area contributed by atoms with Crippen LogP contribution in [0.25, 0.3) is 22.3 Å². The lowest BCUT2D eigenvalue weighted by atomic mass is 10.00. The van der Waals surface area contributed by atoms with E-state index in [-0.39, 0.29) is 0 Å². The van der Waals surface area contributed by atoms with Crippen LogP contribution in [-0.2, 0) is 4.74 Å². The van der Waals surface area contributed by atoms with Gasteiger partial charge in [-0.3, -0.25) is 9.97 Å². The summed E-state index contributed by atoms with van der Waals surface area (Å²) in [5, 5.41) is 3.49. The topological polar surface area (TPSA) is 73.1 Å². The molecule has 5 heteroatoms. The van der Waals surface area contributed by atoms with Crippen molar-refractivity contribution in [2.24, 2.45) is 0 Å². The maximum Gasteiger partial charge on any atom is 0.0729 e. The van der Waals surface area contributed by atoms with E-state index in [1.807, 2.05) is 30.6 Å². The number of nitrogens with two attached hydrogens (primary N) is 1. The Morgan fingerprint density at radius 2 is 1.31 bits per heavy atom. The number of nitrogens with zero attached hydrogens (tertiary/aromatic N) is 2. The van der Waals surface area contributed by atoms with Crippen LogP contribution in [0, 0.1) is 13.8 Å². The molecule has 0 atom stereocenters. The predicted molar refractivity (Wildman–Crippen MR) is 131 cm³/mol. The molecule has 1 fully saturated rings. The first-order chi connectivity index (χ1) is 15.6. The van der Waals surface area contributed by atoms with Gasteiger partial charge in [0.25, 0.3) is 0 Å². The summed E-state index contributed by atoms with van der Waals surface area (Å²) in [6, 6.07) is 21.0. The highest BCUT2D eigenvalue weighted by Gasteiger charge is 2.19. The van der Waals surface area contributed by atoms with Gasteiger partial charge >= 0.3 is 0 Å². The fourth-order valence-corrected chi connectivity index (χ4v) is 3.69. The van der Waals surface area contributed by atoms with Gasteiger partial charge in [0.15, 0.2) is 0 Å². The molecule has 0 bridgehead atoms. The van der Waals surface area contributed by atoms with Gasteiger partial charge < -0.3 is 15.8 Å². The average molecular weight is 425 g/mol. The van der Waals surface area contributed by atoms with E-state index < -0.39 is 0 Å². The van der Waals surface area contributed by atoms with Gasteiger partial charge in [-0.1, -0.05) is 48.5 Å². The van der Waals surface area contributed by atoms with E-state index in [1.54, 1.807) is 12.4 Å². The first-order valence-electron chi connectivity index (χ1n) is 10.7. The van der Waals surface area contributed by atoms with Crippen LogP contribution in [0.2, 0.25) is 0 Å². The van der Waals surface area contributed by atoms with Gasteiger partial charge in [0.1, 0.15) is 0 Å². The normalized spacial score (nSPS) is 12.9. The zero-order valence-electron chi connectivity index (χ0n) is 18.5. The molecular formula is C27H28N4O. The van der Waals surface area contributed by atoms with Crippen LogP contribution >= 0.6 is 0 Å². The Morgan fingerprint density at radius 1 is 0.750 bits per heavy atom. The van der Waals surface area contributed by atoms with Crippen LogP contribution in [0.5, 0.6) is 0 Å². The molecule has 2 aromatic heterocycles. The van der Waals surface area contributed by atoms with E-state index in [2.05, 4.69) is 71.6 Å². The molecule has 0 radical (unpaired) electrons. The zero-order chi connectivity index (χ0) is 22.3. The van der Waals surface area contributed by atoms with Crippen molar-refractivity contribution in [2.75, 3.05) is 24.3 Å². The van der Waals surface area contributed by atoms with Crippen LogP contribution in [0.4, 0.5) is 11.4 Å². The summed E-state index contributed by atoms with van der Waals surface area (Å²) in [5.41, 5.74) is 14.9. The smallest absolute Gasteiger partial charge is 0.0729 e. The summed E-state index contributed by atoms with van der Waals surface area (Å²) >= 11 is 0. The number of benzene rings is 2. The number of aryl methyl sites for hydroxylation is 2. The molecule has 0 saturated carbocycles. The third kappa shape index (κ3) is 4.95. The van der Waals surface area contributed by atoms with Crippen LogP contribution in [0.1, 0.15) is 11.1 Å². The third-order valence-electron chi connectivity index (χ3n) is 5.54. The zero-order valence-corrected chi connectivity index (χ0v) is 18.5. The Hall–Kier alpha value is -3.70. The molecule has 32 heavy (non-hydrogen) atoms. The Balaban J connectivity index is 0.000000158. The lowest BCUT2D eigenvalue weighted by molar-refractivity contribution is 0.0211. The molecule has 0 amide bonds. The fraction of sp³-hybridized carbons (Fsp3) is 0.185. The molecule has 2 aromatic carbocycles. The number of ether oxygens (including phenoxy) is 1. The molecule has 162 valence electrons. The van der Waals surface area contributed by atoms with Gasteiger partial charge in [-0.05, 0) is 48.2 Å². The standard InChI is InChI=1S/C15H16N2O.C12H12N2/c1-11-4-2-3-5-13(11)14-6-7-16-8-15(14)17-12-9-18-10-12;1-9-4-2-3-5-10(9)11-6-7-14-8-12(11)13/h2-8,12,17H,9-10H2,1H3;2-8H,13H2,1H3. The van der Waals surface area contributed by atoms with Gasteiger partial charge in [-0.15, -0.1) is 0 Å². The van der Waals surface area contributed by atoms with Crippen molar-refractivity contribution in [3.05, 3.63) is 96.6 Å². The Labute approximate surface area is 189 Å². The number of nitrogen functional groups attached to an aromatic ring is 1. The van der Waals surface area contributed by atoms with E-state index in [9.17, 15) is 0 Å². The van der Waals surface area contributed by atoms with E-state index in [0.29, 0.717) is 6.04 Å². The van der Waals surface area contributed by atoms with Gasteiger partial charge in [-0.25, -0.2) is 0 Å². The minimum Gasteiger partial charge on any atom is -0.397 e. The molecule has 1 aliphatic rings. The van der Waals surface area contributed by atoms with E-state index >= 15 is 0 Å². The molecule has 0 unspecified atom stereocenters. The van der Waals surface area contributed by atoms with Crippen LogP contribution in [0.3, 0.4) is 0 Å². The van der Waals surface area contributed by atoms with Crippen molar-refractivity contribution >= 4 is 11.4 Å². The summed E-state index contributed by atoms with van der Waals surface area (Å²) in [6.07, 6.45) is 7.17.